The molecule has 100 valence electrons. The van der Waals surface area contributed by atoms with Gasteiger partial charge in [-0.2, -0.15) is 0 Å². The van der Waals surface area contributed by atoms with E-state index in [1.165, 1.54) is 0 Å². The summed E-state index contributed by atoms with van der Waals surface area (Å²) in [4.78, 5) is 12.9. The number of benzene rings is 1. The second kappa shape index (κ2) is 5.13. The van der Waals surface area contributed by atoms with Crippen molar-refractivity contribution < 1.29 is 0 Å². The Bertz CT molecular complexity index is 727. The Hall–Kier alpha value is -2.69. The number of para-hydroxylation sites is 2. The molecule has 2 heterocycles. The minimum absolute atomic E-state index is 0.0794. The summed E-state index contributed by atoms with van der Waals surface area (Å²) in [5, 5.41) is 3.29. The van der Waals surface area contributed by atoms with Crippen LogP contribution in [0.4, 0.5) is 11.6 Å². The standard InChI is InChI=1S/C15H15N5/c1-10(11-6-8-17-9-7-11)18-15-14(16)19-12-4-2-3-5-13(12)20-15/h2-10H,1H3,(H2,16,19)(H,18,20). The van der Waals surface area contributed by atoms with Gasteiger partial charge in [-0.05, 0) is 36.8 Å². The molecule has 5 heteroatoms. The van der Waals surface area contributed by atoms with Crippen LogP contribution in [0.25, 0.3) is 11.0 Å². The number of rotatable bonds is 3. The first-order valence-electron chi connectivity index (χ1n) is 6.43. The summed E-state index contributed by atoms with van der Waals surface area (Å²) in [5.41, 5.74) is 8.71. The lowest BCUT2D eigenvalue weighted by atomic mass is 10.1. The molecule has 2 aromatic heterocycles. The van der Waals surface area contributed by atoms with Gasteiger partial charge in [0.05, 0.1) is 17.1 Å². The van der Waals surface area contributed by atoms with E-state index >= 15 is 0 Å². The van der Waals surface area contributed by atoms with Crippen LogP contribution in [0.2, 0.25) is 0 Å². The van der Waals surface area contributed by atoms with Crippen LogP contribution in [-0.2, 0) is 0 Å². The van der Waals surface area contributed by atoms with Crippen LogP contribution in [-0.4, -0.2) is 15.0 Å². The van der Waals surface area contributed by atoms with Gasteiger partial charge in [0.2, 0.25) is 0 Å². The quantitative estimate of drug-likeness (QED) is 0.761. The van der Waals surface area contributed by atoms with E-state index in [2.05, 4.69) is 20.3 Å². The molecule has 1 aromatic carbocycles. The van der Waals surface area contributed by atoms with Crippen LogP contribution < -0.4 is 11.1 Å². The monoisotopic (exact) mass is 265 g/mol. The van der Waals surface area contributed by atoms with E-state index in [9.17, 15) is 0 Å². The summed E-state index contributed by atoms with van der Waals surface area (Å²) in [6.45, 7) is 2.05. The normalized spacial score (nSPS) is 12.2. The molecule has 3 aromatic rings. The fraction of sp³-hybridized carbons (Fsp3) is 0.133. The van der Waals surface area contributed by atoms with Gasteiger partial charge in [-0.15, -0.1) is 0 Å². The second-order valence-corrected chi connectivity index (χ2v) is 4.59. The van der Waals surface area contributed by atoms with Crippen molar-refractivity contribution in [1.82, 2.24) is 15.0 Å². The summed E-state index contributed by atoms with van der Waals surface area (Å²) in [6, 6.07) is 11.7. The molecule has 0 saturated carbocycles. The molecule has 0 saturated heterocycles. The van der Waals surface area contributed by atoms with E-state index in [-0.39, 0.29) is 6.04 Å². The predicted octanol–water partition coefficient (Wildman–Crippen LogP) is 2.78. The predicted molar refractivity (Wildman–Crippen MR) is 80.2 cm³/mol. The van der Waals surface area contributed by atoms with E-state index in [4.69, 9.17) is 5.73 Å². The van der Waals surface area contributed by atoms with E-state index in [1.807, 2.05) is 43.3 Å². The molecule has 0 aliphatic rings. The number of nitrogen functional groups attached to an aromatic ring is 1. The van der Waals surface area contributed by atoms with Crippen molar-refractivity contribution in [3.05, 3.63) is 54.4 Å². The maximum absolute atomic E-state index is 5.96. The molecule has 0 aliphatic heterocycles. The molecule has 1 atom stereocenters. The van der Waals surface area contributed by atoms with E-state index in [0.29, 0.717) is 11.6 Å². The summed E-state index contributed by atoms with van der Waals surface area (Å²) >= 11 is 0. The number of anilines is 2. The Labute approximate surface area is 116 Å². The van der Waals surface area contributed by atoms with Crippen molar-refractivity contribution in [2.45, 2.75) is 13.0 Å². The highest BCUT2D eigenvalue weighted by molar-refractivity contribution is 5.79. The smallest absolute Gasteiger partial charge is 0.170 e. The molecule has 0 aliphatic carbocycles. The molecule has 20 heavy (non-hydrogen) atoms. The van der Waals surface area contributed by atoms with Crippen molar-refractivity contribution >= 4 is 22.7 Å². The highest BCUT2D eigenvalue weighted by atomic mass is 15.1. The van der Waals surface area contributed by atoms with Gasteiger partial charge < -0.3 is 11.1 Å². The number of hydrogen-bond donors (Lipinski definition) is 2. The third-order valence-electron chi connectivity index (χ3n) is 3.16. The number of pyridine rings is 1. The Morgan fingerprint density at radius 1 is 1.00 bits per heavy atom. The van der Waals surface area contributed by atoms with Gasteiger partial charge in [0.1, 0.15) is 0 Å². The van der Waals surface area contributed by atoms with Crippen LogP contribution in [0, 0.1) is 0 Å². The number of nitrogens with zero attached hydrogens (tertiary/aromatic N) is 3. The fourth-order valence-electron chi connectivity index (χ4n) is 2.06. The zero-order chi connectivity index (χ0) is 13.9. The van der Waals surface area contributed by atoms with Crippen molar-refractivity contribution in [2.24, 2.45) is 0 Å². The average molecular weight is 265 g/mol. The molecule has 0 radical (unpaired) electrons. The number of nitrogens with two attached hydrogens (primary N) is 1. The summed E-state index contributed by atoms with van der Waals surface area (Å²) in [6.07, 6.45) is 3.53. The van der Waals surface area contributed by atoms with Crippen molar-refractivity contribution in [2.75, 3.05) is 11.1 Å². The average Bonchev–Trinajstić information content (AvgIpc) is 2.49. The molecular weight excluding hydrogens is 250 g/mol. The molecule has 5 nitrogen and oxygen atoms in total. The molecule has 1 unspecified atom stereocenters. The number of fused-ring (bicyclic) bond motifs is 1. The van der Waals surface area contributed by atoms with Crippen LogP contribution >= 0.6 is 0 Å². The SMILES string of the molecule is CC(Nc1nc2ccccc2nc1N)c1ccncc1. The maximum atomic E-state index is 5.96. The molecule has 0 amide bonds. The lowest BCUT2D eigenvalue weighted by molar-refractivity contribution is 0.872. The van der Waals surface area contributed by atoms with E-state index < -0.39 is 0 Å². The molecule has 0 bridgehead atoms. The van der Waals surface area contributed by atoms with Gasteiger partial charge in [0.15, 0.2) is 11.6 Å². The van der Waals surface area contributed by atoms with Crippen LogP contribution in [0.3, 0.4) is 0 Å². The van der Waals surface area contributed by atoms with Crippen molar-refractivity contribution in [3.63, 3.8) is 0 Å². The first kappa shape index (κ1) is 12.3. The number of nitrogens with one attached hydrogen (secondary N) is 1. The van der Waals surface area contributed by atoms with Gasteiger partial charge in [0.25, 0.3) is 0 Å². The Morgan fingerprint density at radius 3 is 2.35 bits per heavy atom. The van der Waals surface area contributed by atoms with E-state index in [1.54, 1.807) is 12.4 Å². The fourth-order valence-corrected chi connectivity index (χ4v) is 2.06. The summed E-state index contributed by atoms with van der Waals surface area (Å²) in [5.74, 6) is 1.01. The van der Waals surface area contributed by atoms with Crippen LogP contribution in [0.15, 0.2) is 48.8 Å². The van der Waals surface area contributed by atoms with Gasteiger partial charge in [-0.3, -0.25) is 4.98 Å². The Morgan fingerprint density at radius 2 is 1.65 bits per heavy atom. The summed E-state index contributed by atoms with van der Waals surface area (Å²) < 4.78 is 0. The zero-order valence-electron chi connectivity index (χ0n) is 11.1. The lowest BCUT2D eigenvalue weighted by Gasteiger charge is -2.16. The topological polar surface area (TPSA) is 76.7 Å². The number of hydrogen-bond acceptors (Lipinski definition) is 5. The largest absolute Gasteiger partial charge is 0.381 e. The molecule has 0 spiro atoms. The third-order valence-corrected chi connectivity index (χ3v) is 3.16. The molecular formula is C15H15N5. The van der Waals surface area contributed by atoms with E-state index in [0.717, 1.165) is 16.6 Å². The van der Waals surface area contributed by atoms with Crippen molar-refractivity contribution in [1.29, 1.82) is 0 Å². The Kier molecular flexibility index (Phi) is 3.16. The highest BCUT2D eigenvalue weighted by Gasteiger charge is 2.10. The first-order chi connectivity index (χ1) is 9.74. The van der Waals surface area contributed by atoms with Gasteiger partial charge >= 0.3 is 0 Å². The minimum Gasteiger partial charge on any atom is -0.381 e. The van der Waals surface area contributed by atoms with Crippen LogP contribution in [0.1, 0.15) is 18.5 Å². The highest BCUT2D eigenvalue weighted by Crippen LogP contribution is 2.23. The minimum atomic E-state index is 0.0794. The summed E-state index contributed by atoms with van der Waals surface area (Å²) in [7, 11) is 0. The molecule has 0 fully saturated rings. The van der Waals surface area contributed by atoms with Gasteiger partial charge in [0, 0.05) is 12.4 Å². The number of aromatic nitrogens is 3. The maximum Gasteiger partial charge on any atom is 0.170 e. The van der Waals surface area contributed by atoms with Crippen LogP contribution in [0.5, 0.6) is 0 Å². The first-order valence-corrected chi connectivity index (χ1v) is 6.43. The Balaban J connectivity index is 1.92. The third kappa shape index (κ3) is 2.38. The molecule has 3 rings (SSSR count). The van der Waals surface area contributed by atoms with Crippen molar-refractivity contribution in [3.8, 4) is 0 Å². The lowest BCUT2D eigenvalue weighted by Crippen LogP contribution is -2.11. The second-order valence-electron chi connectivity index (χ2n) is 4.59. The zero-order valence-corrected chi connectivity index (χ0v) is 11.1. The van der Waals surface area contributed by atoms with Gasteiger partial charge in [-0.1, -0.05) is 12.1 Å². The van der Waals surface area contributed by atoms with Gasteiger partial charge in [-0.25, -0.2) is 9.97 Å². The molecule has 3 N–H and O–H groups in total.